The van der Waals surface area contributed by atoms with Gasteiger partial charge in [0.15, 0.2) is 4.67 Å². The molecular formula is C11H19BrN2O4S. The molecule has 1 heterocycles. The van der Waals surface area contributed by atoms with Crippen LogP contribution in [0.25, 0.3) is 0 Å². The van der Waals surface area contributed by atoms with Crippen LogP contribution in [0.15, 0.2) is 20.0 Å². The van der Waals surface area contributed by atoms with Crippen molar-refractivity contribution >= 4 is 26.0 Å². The molecule has 8 heteroatoms. The largest absolute Gasteiger partial charge is 0.452 e. The van der Waals surface area contributed by atoms with Crippen molar-refractivity contribution in [2.24, 2.45) is 5.73 Å². The fourth-order valence-electron chi connectivity index (χ4n) is 1.39. The second-order valence-electron chi connectivity index (χ2n) is 3.92. The minimum Gasteiger partial charge on any atom is -0.452 e. The zero-order valence-electron chi connectivity index (χ0n) is 10.8. The lowest BCUT2D eigenvalue weighted by Crippen LogP contribution is -2.25. The molecule has 0 spiro atoms. The smallest absolute Gasteiger partial charge is 0.244 e. The Morgan fingerprint density at radius 3 is 2.79 bits per heavy atom. The van der Waals surface area contributed by atoms with Gasteiger partial charge in [0.25, 0.3) is 0 Å². The molecule has 1 aromatic rings. The molecule has 0 aliphatic carbocycles. The molecule has 0 aliphatic rings. The van der Waals surface area contributed by atoms with Crippen LogP contribution in [0, 0.1) is 0 Å². The minimum atomic E-state index is -3.57. The van der Waals surface area contributed by atoms with Crippen molar-refractivity contribution in [2.45, 2.75) is 31.2 Å². The molecule has 6 nitrogen and oxygen atoms in total. The van der Waals surface area contributed by atoms with Gasteiger partial charge in [0.2, 0.25) is 10.0 Å². The topological polar surface area (TPSA) is 94.6 Å². The zero-order chi connectivity index (χ0) is 14.3. The van der Waals surface area contributed by atoms with Crippen molar-refractivity contribution in [1.82, 2.24) is 4.72 Å². The fraction of sp³-hybridized carbons (Fsp3) is 0.636. The van der Waals surface area contributed by atoms with Gasteiger partial charge in [-0.1, -0.05) is 6.92 Å². The van der Waals surface area contributed by atoms with Crippen LogP contribution in [0.2, 0.25) is 0 Å². The van der Waals surface area contributed by atoms with Gasteiger partial charge in [0.05, 0.1) is 6.54 Å². The quantitative estimate of drug-likeness (QED) is 0.656. The number of hydrogen-bond acceptors (Lipinski definition) is 5. The van der Waals surface area contributed by atoms with Gasteiger partial charge in [-0.25, -0.2) is 13.1 Å². The van der Waals surface area contributed by atoms with Crippen LogP contribution in [0.5, 0.6) is 0 Å². The van der Waals surface area contributed by atoms with Crippen molar-refractivity contribution in [3.05, 3.63) is 16.5 Å². The average molecular weight is 355 g/mol. The normalized spacial score (nSPS) is 11.9. The van der Waals surface area contributed by atoms with Crippen LogP contribution in [-0.2, 0) is 21.3 Å². The highest BCUT2D eigenvalue weighted by Crippen LogP contribution is 2.25. The van der Waals surface area contributed by atoms with Crippen molar-refractivity contribution in [1.29, 1.82) is 0 Å². The van der Waals surface area contributed by atoms with Gasteiger partial charge in [-0.15, -0.1) is 0 Å². The Morgan fingerprint density at radius 1 is 1.47 bits per heavy atom. The number of furan rings is 1. The number of rotatable bonds is 9. The molecule has 0 unspecified atom stereocenters. The summed E-state index contributed by atoms with van der Waals surface area (Å²) in [5.41, 5.74) is 5.40. The summed E-state index contributed by atoms with van der Waals surface area (Å²) in [7, 11) is -3.57. The van der Waals surface area contributed by atoms with Crippen LogP contribution in [-0.4, -0.2) is 28.2 Å². The molecule has 0 fully saturated rings. The predicted molar refractivity (Wildman–Crippen MR) is 75.2 cm³/mol. The SMILES string of the molecule is CCCOCCCNS(=O)(=O)c1cc(CN)oc1Br. The summed E-state index contributed by atoms with van der Waals surface area (Å²) in [6.45, 7) is 3.73. The number of nitrogens with one attached hydrogen (secondary N) is 1. The van der Waals surface area contributed by atoms with E-state index in [0.717, 1.165) is 6.42 Å². The minimum absolute atomic E-state index is 0.0717. The first-order valence-electron chi connectivity index (χ1n) is 6.07. The Hall–Kier alpha value is -0.410. The lowest BCUT2D eigenvalue weighted by Gasteiger charge is -2.05. The maximum atomic E-state index is 12.0. The van der Waals surface area contributed by atoms with Gasteiger partial charge >= 0.3 is 0 Å². The third-order valence-electron chi connectivity index (χ3n) is 2.30. The summed E-state index contributed by atoms with van der Waals surface area (Å²) in [5, 5.41) is 0. The van der Waals surface area contributed by atoms with Crippen molar-refractivity contribution in [3.8, 4) is 0 Å². The van der Waals surface area contributed by atoms with Crippen LogP contribution >= 0.6 is 15.9 Å². The van der Waals surface area contributed by atoms with E-state index in [1.54, 1.807) is 0 Å². The fourth-order valence-corrected chi connectivity index (χ4v) is 3.46. The van der Waals surface area contributed by atoms with Crippen molar-refractivity contribution in [3.63, 3.8) is 0 Å². The van der Waals surface area contributed by atoms with Gasteiger partial charge in [-0.2, -0.15) is 0 Å². The van der Waals surface area contributed by atoms with E-state index < -0.39 is 10.0 Å². The summed E-state index contributed by atoms with van der Waals surface area (Å²) in [4.78, 5) is 0.0717. The highest BCUT2D eigenvalue weighted by molar-refractivity contribution is 9.10. The molecule has 0 aliphatic heterocycles. The Morgan fingerprint density at radius 2 is 2.21 bits per heavy atom. The van der Waals surface area contributed by atoms with Gasteiger partial charge < -0.3 is 14.9 Å². The van der Waals surface area contributed by atoms with Crippen molar-refractivity contribution in [2.75, 3.05) is 19.8 Å². The molecule has 0 amide bonds. The van der Waals surface area contributed by atoms with Crippen LogP contribution < -0.4 is 10.5 Å². The first-order valence-corrected chi connectivity index (χ1v) is 8.34. The molecule has 110 valence electrons. The third-order valence-corrected chi connectivity index (χ3v) is 4.62. The lowest BCUT2D eigenvalue weighted by atomic mass is 10.4. The first kappa shape index (κ1) is 16.6. The molecule has 1 aromatic heterocycles. The van der Waals surface area contributed by atoms with E-state index in [0.29, 0.717) is 31.9 Å². The van der Waals surface area contributed by atoms with Gasteiger partial charge in [-0.3, -0.25) is 0 Å². The summed E-state index contributed by atoms with van der Waals surface area (Å²) in [5.74, 6) is 0.415. The first-order chi connectivity index (χ1) is 9.01. The van der Waals surface area contributed by atoms with Crippen LogP contribution in [0.1, 0.15) is 25.5 Å². The average Bonchev–Trinajstić information content (AvgIpc) is 2.76. The Bertz CT molecular complexity index is 487. The highest BCUT2D eigenvalue weighted by Gasteiger charge is 2.21. The molecule has 0 atom stereocenters. The Kier molecular flexibility index (Phi) is 7.01. The van der Waals surface area contributed by atoms with Crippen LogP contribution in [0.3, 0.4) is 0 Å². The summed E-state index contributed by atoms with van der Waals surface area (Å²) in [6, 6.07) is 1.42. The molecule has 0 radical (unpaired) electrons. The predicted octanol–water partition coefficient (Wildman–Crippen LogP) is 1.60. The van der Waals surface area contributed by atoms with E-state index >= 15 is 0 Å². The monoisotopic (exact) mass is 354 g/mol. The summed E-state index contributed by atoms with van der Waals surface area (Å²) >= 11 is 3.07. The number of ether oxygens (including phenoxy) is 1. The number of nitrogens with two attached hydrogens (primary N) is 1. The van der Waals surface area contributed by atoms with Gasteiger partial charge in [0.1, 0.15) is 10.7 Å². The number of hydrogen-bond donors (Lipinski definition) is 2. The second-order valence-corrected chi connectivity index (χ2v) is 6.37. The van der Waals surface area contributed by atoms with Gasteiger partial charge in [0, 0.05) is 25.8 Å². The maximum Gasteiger partial charge on any atom is 0.244 e. The molecule has 19 heavy (non-hydrogen) atoms. The Balaban J connectivity index is 2.49. The molecule has 0 aromatic carbocycles. The molecule has 0 saturated heterocycles. The van der Waals surface area contributed by atoms with E-state index in [4.69, 9.17) is 14.9 Å². The van der Waals surface area contributed by atoms with E-state index in [1.807, 2.05) is 6.92 Å². The molecule has 1 rings (SSSR count). The van der Waals surface area contributed by atoms with E-state index in [-0.39, 0.29) is 16.1 Å². The zero-order valence-corrected chi connectivity index (χ0v) is 13.2. The highest BCUT2D eigenvalue weighted by atomic mass is 79.9. The Labute approximate surface area is 121 Å². The number of sulfonamides is 1. The molecule has 3 N–H and O–H groups in total. The van der Waals surface area contributed by atoms with E-state index in [9.17, 15) is 8.42 Å². The second kappa shape index (κ2) is 8.01. The van der Waals surface area contributed by atoms with Crippen LogP contribution in [0.4, 0.5) is 0 Å². The van der Waals surface area contributed by atoms with Crippen molar-refractivity contribution < 1.29 is 17.6 Å². The van der Waals surface area contributed by atoms with E-state index in [1.165, 1.54) is 6.07 Å². The lowest BCUT2D eigenvalue weighted by molar-refractivity contribution is 0.133. The standard InChI is InChI=1S/C11H19BrN2O4S/c1-2-5-17-6-3-4-14-19(15,16)10-7-9(8-13)18-11(10)12/h7,14H,2-6,8,13H2,1H3. The number of halogens is 1. The summed E-state index contributed by atoms with van der Waals surface area (Å²) < 4.78 is 37.1. The molecule has 0 bridgehead atoms. The maximum absolute atomic E-state index is 12.0. The molecule has 0 saturated carbocycles. The third kappa shape index (κ3) is 5.23. The van der Waals surface area contributed by atoms with E-state index in [2.05, 4.69) is 20.7 Å². The summed E-state index contributed by atoms with van der Waals surface area (Å²) in [6.07, 6.45) is 1.58. The van der Waals surface area contributed by atoms with Gasteiger partial charge in [-0.05, 0) is 28.8 Å². The molecular weight excluding hydrogens is 336 g/mol.